The quantitative estimate of drug-likeness (QED) is 0.594. The van der Waals surface area contributed by atoms with Crippen molar-refractivity contribution in [3.63, 3.8) is 0 Å². The Hall–Kier alpha value is -3.77. The smallest absolute Gasteiger partial charge is 0.269 e. The van der Waals surface area contributed by atoms with Crippen molar-refractivity contribution < 1.29 is 4.79 Å². The number of pyridine rings is 3. The van der Waals surface area contributed by atoms with Crippen molar-refractivity contribution >= 4 is 22.6 Å². The maximum atomic E-state index is 12.2. The summed E-state index contributed by atoms with van der Waals surface area (Å²) in [6.07, 6.45) is 4.62. The molecule has 1 saturated heterocycles. The molecule has 1 atom stereocenters. The number of rotatable bonds is 6. The predicted molar refractivity (Wildman–Crippen MR) is 126 cm³/mol. The third-order valence-electron chi connectivity index (χ3n) is 6.10. The van der Waals surface area contributed by atoms with Crippen LogP contribution in [-0.4, -0.2) is 58.5 Å². The second-order valence-electron chi connectivity index (χ2n) is 8.17. The lowest BCUT2D eigenvalue weighted by Crippen LogP contribution is -2.52. The van der Waals surface area contributed by atoms with Crippen molar-refractivity contribution in [3.8, 4) is 6.07 Å². The highest BCUT2D eigenvalue weighted by atomic mass is 16.1. The number of hydrogen-bond donors (Lipinski definition) is 2. The Morgan fingerprint density at radius 1 is 1.27 bits per heavy atom. The van der Waals surface area contributed by atoms with Gasteiger partial charge in [-0.05, 0) is 36.2 Å². The minimum atomic E-state index is -0.218. The van der Waals surface area contributed by atoms with E-state index in [9.17, 15) is 14.9 Å². The fraction of sp³-hybridized carbons (Fsp3) is 0.375. The molecular weight excluding hydrogens is 418 g/mol. The van der Waals surface area contributed by atoms with Crippen LogP contribution in [0.3, 0.4) is 0 Å². The highest BCUT2D eigenvalue weighted by molar-refractivity contribution is 5.92. The number of carbonyl (C=O) groups excluding carboxylic acids is 1. The Bertz CT molecular complexity index is 1250. The van der Waals surface area contributed by atoms with Crippen LogP contribution in [0, 0.1) is 11.3 Å². The molecule has 3 aromatic rings. The van der Waals surface area contributed by atoms with Gasteiger partial charge in [0, 0.05) is 51.0 Å². The second kappa shape index (κ2) is 9.79. The summed E-state index contributed by atoms with van der Waals surface area (Å²) in [5, 5.41) is 12.0. The highest BCUT2D eigenvalue weighted by Crippen LogP contribution is 2.22. The van der Waals surface area contributed by atoms with E-state index in [1.807, 2.05) is 31.3 Å². The molecule has 1 aliphatic rings. The van der Waals surface area contributed by atoms with Gasteiger partial charge in [0.15, 0.2) is 0 Å². The Balaban J connectivity index is 1.49. The summed E-state index contributed by atoms with van der Waals surface area (Å²) in [5.41, 5.74) is 4.47. The standard InChI is InChI=1S/C24H27N7O2/c1-3-17-11-21-22(29-23(17)32)10-16(12-27-21)14-30-8-9-31(15-19(30)6-7-25)18-4-5-20(28-13-18)24(33)26-2/h4-5,10-13,19H,3,6,8-9,14-15H2,1-2H3,(H,26,33)(H,29,32). The molecule has 9 nitrogen and oxygen atoms in total. The first-order valence-electron chi connectivity index (χ1n) is 11.1. The Labute approximate surface area is 192 Å². The number of amides is 1. The zero-order valence-corrected chi connectivity index (χ0v) is 18.8. The molecule has 1 unspecified atom stereocenters. The molecule has 33 heavy (non-hydrogen) atoms. The molecule has 1 fully saturated rings. The van der Waals surface area contributed by atoms with E-state index < -0.39 is 0 Å². The van der Waals surface area contributed by atoms with Crippen LogP contribution < -0.4 is 15.8 Å². The molecule has 9 heteroatoms. The number of piperazine rings is 1. The van der Waals surface area contributed by atoms with Crippen LogP contribution in [0.1, 0.15) is 35.0 Å². The minimum absolute atomic E-state index is 0.0413. The third-order valence-corrected chi connectivity index (χ3v) is 6.10. The van der Waals surface area contributed by atoms with Crippen molar-refractivity contribution in [2.24, 2.45) is 0 Å². The molecule has 1 aliphatic heterocycles. The summed E-state index contributed by atoms with van der Waals surface area (Å²) in [7, 11) is 1.58. The number of aromatic amines is 1. The van der Waals surface area contributed by atoms with E-state index in [2.05, 4.69) is 36.1 Å². The van der Waals surface area contributed by atoms with Crippen LogP contribution in [0.2, 0.25) is 0 Å². The summed E-state index contributed by atoms with van der Waals surface area (Å²) in [5.74, 6) is -0.218. The summed E-state index contributed by atoms with van der Waals surface area (Å²) >= 11 is 0. The van der Waals surface area contributed by atoms with Gasteiger partial charge in [0.2, 0.25) is 0 Å². The van der Waals surface area contributed by atoms with E-state index in [1.54, 1.807) is 19.3 Å². The number of anilines is 1. The van der Waals surface area contributed by atoms with Crippen LogP contribution in [0.25, 0.3) is 11.0 Å². The molecule has 0 spiro atoms. The number of hydrogen-bond acceptors (Lipinski definition) is 7. The van der Waals surface area contributed by atoms with E-state index >= 15 is 0 Å². The van der Waals surface area contributed by atoms with E-state index in [4.69, 9.17) is 0 Å². The van der Waals surface area contributed by atoms with Gasteiger partial charge in [-0.15, -0.1) is 0 Å². The van der Waals surface area contributed by atoms with Crippen LogP contribution in [-0.2, 0) is 13.0 Å². The SMILES string of the molecule is CCc1cc2ncc(CN3CCN(c4ccc(C(=O)NC)nc4)CC3CC#N)cc2[nH]c1=O. The van der Waals surface area contributed by atoms with Gasteiger partial charge in [-0.25, -0.2) is 4.98 Å². The van der Waals surface area contributed by atoms with Crippen LogP contribution in [0.15, 0.2) is 41.5 Å². The lowest BCUT2D eigenvalue weighted by molar-refractivity contribution is 0.0958. The van der Waals surface area contributed by atoms with Crippen molar-refractivity contribution in [2.75, 3.05) is 31.6 Å². The van der Waals surface area contributed by atoms with E-state index in [0.717, 1.165) is 40.9 Å². The Morgan fingerprint density at radius 3 is 2.82 bits per heavy atom. The number of carbonyl (C=O) groups is 1. The first-order valence-corrected chi connectivity index (χ1v) is 11.1. The third kappa shape index (κ3) is 4.86. The molecule has 0 aliphatic carbocycles. The topological polar surface area (TPSA) is 118 Å². The average Bonchev–Trinajstić information content (AvgIpc) is 2.84. The highest BCUT2D eigenvalue weighted by Gasteiger charge is 2.27. The van der Waals surface area contributed by atoms with Gasteiger partial charge in [0.05, 0.1) is 35.4 Å². The normalized spacial score (nSPS) is 16.5. The summed E-state index contributed by atoms with van der Waals surface area (Å²) < 4.78 is 0. The molecule has 0 aromatic carbocycles. The molecule has 3 aromatic heterocycles. The zero-order valence-electron chi connectivity index (χ0n) is 18.8. The van der Waals surface area contributed by atoms with Crippen LogP contribution in [0.4, 0.5) is 5.69 Å². The number of nitriles is 1. The number of fused-ring (bicyclic) bond motifs is 1. The number of nitrogens with zero attached hydrogens (tertiary/aromatic N) is 5. The lowest BCUT2D eigenvalue weighted by Gasteiger charge is -2.41. The molecule has 1 amide bonds. The molecule has 170 valence electrons. The molecule has 2 N–H and O–H groups in total. The summed E-state index contributed by atoms with van der Waals surface area (Å²) in [6.45, 7) is 4.83. The van der Waals surface area contributed by atoms with E-state index in [1.165, 1.54) is 0 Å². The van der Waals surface area contributed by atoms with Crippen molar-refractivity contribution in [2.45, 2.75) is 32.4 Å². The van der Waals surface area contributed by atoms with Crippen molar-refractivity contribution in [3.05, 3.63) is 63.8 Å². The number of aryl methyl sites for hydroxylation is 1. The molecule has 0 saturated carbocycles. The fourth-order valence-corrected chi connectivity index (χ4v) is 4.22. The monoisotopic (exact) mass is 445 g/mol. The maximum Gasteiger partial charge on any atom is 0.269 e. The zero-order chi connectivity index (χ0) is 23.4. The Kier molecular flexibility index (Phi) is 6.66. The molecular formula is C24H27N7O2. The van der Waals surface area contributed by atoms with Gasteiger partial charge < -0.3 is 15.2 Å². The minimum Gasteiger partial charge on any atom is -0.367 e. The first kappa shape index (κ1) is 22.4. The van der Waals surface area contributed by atoms with Crippen molar-refractivity contribution in [1.82, 2.24) is 25.2 Å². The summed E-state index contributed by atoms with van der Waals surface area (Å²) in [6, 6.07) is 9.77. The second-order valence-corrected chi connectivity index (χ2v) is 8.17. The van der Waals surface area contributed by atoms with Gasteiger partial charge in [-0.3, -0.25) is 19.5 Å². The molecule has 4 rings (SSSR count). The van der Waals surface area contributed by atoms with Crippen LogP contribution in [0.5, 0.6) is 0 Å². The van der Waals surface area contributed by atoms with Gasteiger partial charge in [0.25, 0.3) is 11.5 Å². The largest absolute Gasteiger partial charge is 0.367 e. The molecule has 0 radical (unpaired) electrons. The Morgan fingerprint density at radius 2 is 2.12 bits per heavy atom. The predicted octanol–water partition coefficient (Wildman–Crippen LogP) is 1.84. The average molecular weight is 446 g/mol. The fourth-order valence-electron chi connectivity index (χ4n) is 4.22. The number of aromatic nitrogens is 3. The maximum absolute atomic E-state index is 12.2. The van der Waals surface area contributed by atoms with Gasteiger partial charge in [-0.2, -0.15) is 5.26 Å². The van der Waals surface area contributed by atoms with Gasteiger partial charge in [-0.1, -0.05) is 6.92 Å². The van der Waals surface area contributed by atoms with Crippen LogP contribution >= 0.6 is 0 Å². The van der Waals surface area contributed by atoms with Crippen molar-refractivity contribution in [1.29, 1.82) is 5.26 Å². The van der Waals surface area contributed by atoms with Gasteiger partial charge >= 0.3 is 0 Å². The summed E-state index contributed by atoms with van der Waals surface area (Å²) in [4.78, 5) is 40.1. The lowest BCUT2D eigenvalue weighted by atomic mass is 10.1. The number of nitrogens with one attached hydrogen (secondary N) is 2. The molecule has 4 heterocycles. The number of H-pyrrole nitrogens is 1. The molecule has 0 bridgehead atoms. The van der Waals surface area contributed by atoms with Gasteiger partial charge in [0.1, 0.15) is 5.69 Å². The first-order chi connectivity index (χ1) is 16.0. The van der Waals surface area contributed by atoms with E-state index in [-0.39, 0.29) is 17.5 Å². The van der Waals surface area contributed by atoms with E-state index in [0.29, 0.717) is 31.6 Å².